The molecule has 17 heavy (non-hydrogen) atoms. The number of carbonyl (C=O) groups excluding carboxylic acids is 1. The van der Waals surface area contributed by atoms with Crippen LogP contribution in [-0.4, -0.2) is 32.2 Å². The fourth-order valence-corrected chi connectivity index (χ4v) is 1.68. The highest BCUT2D eigenvalue weighted by Gasteiger charge is 2.16. The molecule has 0 unspecified atom stereocenters. The van der Waals surface area contributed by atoms with E-state index in [1.165, 1.54) is 7.11 Å². The second kappa shape index (κ2) is 5.68. The van der Waals surface area contributed by atoms with E-state index in [4.69, 9.17) is 0 Å². The van der Waals surface area contributed by atoms with Gasteiger partial charge in [-0.15, -0.1) is 0 Å². The van der Waals surface area contributed by atoms with Crippen LogP contribution in [0.5, 0.6) is 0 Å². The van der Waals surface area contributed by atoms with Crippen molar-refractivity contribution < 1.29 is 9.53 Å². The predicted molar refractivity (Wildman–Crippen MR) is 69.4 cm³/mol. The number of rotatable bonds is 5. The first-order chi connectivity index (χ1) is 7.98. The van der Waals surface area contributed by atoms with Crippen molar-refractivity contribution in [2.75, 3.05) is 26.0 Å². The summed E-state index contributed by atoms with van der Waals surface area (Å²) in [5.41, 5.74) is 1.50. The Hall–Kier alpha value is -1.55. The molecule has 4 nitrogen and oxygen atoms in total. The molecule has 0 radical (unpaired) electrons. The van der Waals surface area contributed by atoms with Gasteiger partial charge in [-0.05, 0) is 45.2 Å². The maximum absolute atomic E-state index is 11.3. The molecular formula is C13H20N2O2. The van der Waals surface area contributed by atoms with Gasteiger partial charge in [0.1, 0.15) is 0 Å². The highest BCUT2D eigenvalue weighted by Crippen LogP contribution is 2.15. The Morgan fingerprint density at radius 1 is 1.29 bits per heavy atom. The fraction of sp³-hybridized carbons (Fsp3) is 0.462. The lowest BCUT2D eigenvalue weighted by Gasteiger charge is -2.27. The van der Waals surface area contributed by atoms with E-state index in [1.54, 1.807) is 12.1 Å². The largest absolute Gasteiger partial charge is 0.465 e. The zero-order chi connectivity index (χ0) is 12.9. The first kappa shape index (κ1) is 13.5. The minimum Gasteiger partial charge on any atom is -0.465 e. The van der Waals surface area contributed by atoms with Crippen molar-refractivity contribution in [3.05, 3.63) is 29.8 Å². The van der Waals surface area contributed by atoms with Crippen LogP contribution in [0.2, 0.25) is 0 Å². The third kappa shape index (κ3) is 4.07. The normalized spacial score (nSPS) is 11.1. The second-order valence-corrected chi connectivity index (χ2v) is 4.61. The number of methoxy groups -OCH3 is 1. The lowest BCUT2D eigenvalue weighted by atomic mass is 10.0. The fourth-order valence-electron chi connectivity index (χ4n) is 1.68. The topological polar surface area (TPSA) is 50.4 Å². The van der Waals surface area contributed by atoms with Crippen LogP contribution in [0.15, 0.2) is 24.3 Å². The number of carbonyl (C=O) groups is 1. The first-order valence-electron chi connectivity index (χ1n) is 5.59. The van der Waals surface area contributed by atoms with Crippen molar-refractivity contribution in [3.63, 3.8) is 0 Å². The molecule has 94 valence electrons. The summed E-state index contributed by atoms with van der Waals surface area (Å²) in [6.45, 7) is 5.07. The third-order valence-corrected chi connectivity index (χ3v) is 2.41. The number of ether oxygens (including phenoxy) is 1. The summed E-state index contributed by atoms with van der Waals surface area (Å²) in [7, 11) is 3.30. The van der Waals surface area contributed by atoms with Crippen molar-refractivity contribution >= 4 is 11.7 Å². The average Bonchev–Trinajstić information content (AvgIpc) is 2.28. The van der Waals surface area contributed by atoms with Gasteiger partial charge in [0.2, 0.25) is 0 Å². The van der Waals surface area contributed by atoms with Gasteiger partial charge in [-0.3, -0.25) is 0 Å². The molecule has 0 aliphatic carbocycles. The molecule has 2 N–H and O–H groups in total. The predicted octanol–water partition coefficient (Wildman–Crippen LogP) is 1.88. The van der Waals surface area contributed by atoms with Crippen LogP contribution in [0.1, 0.15) is 24.2 Å². The van der Waals surface area contributed by atoms with Gasteiger partial charge in [0.15, 0.2) is 0 Å². The van der Waals surface area contributed by atoms with E-state index in [2.05, 4.69) is 29.2 Å². The van der Waals surface area contributed by atoms with Crippen molar-refractivity contribution in [1.82, 2.24) is 5.32 Å². The highest BCUT2D eigenvalue weighted by atomic mass is 16.5. The molecular weight excluding hydrogens is 216 g/mol. The summed E-state index contributed by atoms with van der Waals surface area (Å²) in [4.78, 5) is 11.3. The second-order valence-electron chi connectivity index (χ2n) is 4.61. The quantitative estimate of drug-likeness (QED) is 0.766. The molecule has 1 aromatic carbocycles. The molecule has 0 amide bonds. The van der Waals surface area contributed by atoms with Crippen LogP contribution < -0.4 is 10.6 Å². The molecule has 0 heterocycles. The van der Waals surface area contributed by atoms with E-state index < -0.39 is 0 Å². The molecule has 4 heteroatoms. The zero-order valence-corrected chi connectivity index (χ0v) is 10.8. The Kier molecular flexibility index (Phi) is 4.52. The Bertz CT molecular complexity index is 372. The van der Waals surface area contributed by atoms with E-state index in [0.29, 0.717) is 5.56 Å². The van der Waals surface area contributed by atoms with Crippen molar-refractivity contribution in [2.24, 2.45) is 0 Å². The number of benzene rings is 1. The van der Waals surface area contributed by atoms with Crippen LogP contribution in [-0.2, 0) is 4.74 Å². The molecule has 0 aliphatic heterocycles. The lowest BCUT2D eigenvalue weighted by Crippen LogP contribution is -2.40. The van der Waals surface area contributed by atoms with Crippen LogP contribution >= 0.6 is 0 Å². The van der Waals surface area contributed by atoms with E-state index in [1.807, 2.05) is 19.2 Å². The number of hydrogen-bond acceptors (Lipinski definition) is 4. The van der Waals surface area contributed by atoms with E-state index in [-0.39, 0.29) is 11.5 Å². The number of anilines is 1. The maximum atomic E-state index is 11.3. The summed E-state index contributed by atoms with van der Waals surface area (Å²) in [6, 6.07) is 7.26. The average molecular weight is 236 g/mol. The minimum absolute atomic E-state index is 0.0401. The van der Waals surface area contributed by atoms with Gasteiger partial charge in [-0.1, -0.05) is 0 Å². The number of esters is 1. The number of hydrogen-bond donors (Lipinski definition) is 2. The molecule has 0 saturated heterocycles. The van der Waals surface area contributed by atoms with Crippen molar-refractivity contribution in [2.45, 2.75) is 19.4 Å². The Morgan fingerprint density at radius 3 is 2.35 bits per heavy atom. The highest BCUT2D eigenvalue weighted by molar-refractivity contribution is 5.89. The molecule has 0 atom stereocenters. The maximum Gasteiger partial charge on any atom is 0.337 e. The van der Waals surface area contributed by atoms with Gasteiger partial charge >= 0.3 is 5.97 Å². The minimum atomic E-state index is -0.314. The van der Waals surface area contributed by atoms with Crippen LogP contribution in [0.4, 0.5) is 5.69 Å². The molecule has 1 aromatic rings. The third-order valence-electron chi connectivity index (χ3n) is 2.41. The van der Waals surface area contributed by atoms with E-state index in [0.717, 1.165) is 12.2 Å². The Balaban J connectivity index is 2.71. The van der Waals surface area contributed by atoms with E-state index in [9.17, 15) is 4.79 Å². The summed E-state index contributed by atoms with van der Waals surface area (Å²) < 4.78 is 4.65. The lowest BCUT2D eigenvalue weighted by molar-refractivity contribution is 0.0601. The smallest absolute Gasteiger partial charge is 0.337 e. The zero-order valence-electron chi connectivity index (χ0n) is 10.8. The summed E-state index contributed by atoms with van der Waals surface area (Å²) in [5.74, 6) is -0.314. The van der Waals surface area contributed by atoms with Crippen molar-refractivity contribution in [1.29, 1.82) is 0 Å². The summed E-state index contributed by atoms with van der Waals surface area (Å²) in [6.07, 6.45) is 0. The van der Waals surface area contributed by atoms with Gasteiger partial charge < -0.3 is 15.4 Å². The SMILES string of the molecule is CNCC(C)(C)Nc1ccc(C(=O)OC)cc1. The van der Waals surface area contributed by atoms with Gasteiger partial charge in [-0.2, -0.15) is 0 Å². The molecule has 0 bridgehead atoms. The van der Waals surface area contributed by atoms with Gasteiger partial charge in [0, 0.05) is 17.8 Å². The molecule has 0 aromatic heterocycles. The van der Waals surface area contributed by atoms with Crippen LogP contribution in [0.25, 0.3) is 0 Å². The van der Waals surface area contributed by atoms with Crippen molar-refractivity contribution in [3.8, 4) is 0 Å². The first-order valence-corrected chi connectivity index (χ1v) is 5.59. The molecule has 0 aliphatic rings. The molecule has 0 spiro atoms. The molecule has 0 fully saturated rings. The van der Waals surface area contributed by atoms with E-state index >= 15 is 0 Å². The molecule has 0 saturated carbocycles. The summed E-state index contributed by atoms with van der Waals surface area (Å²) >= 11 is 0. The standard InChI is InChI=1S/C13H20N2O2/c1-13(2,9-14-3)15-11-7-5-10(6-8-11)12(16)17-4/h5-8,14-15H,9H2,1-4H3. The van der Waals surface area contributed by atoms with Gasteiger partial charge in [0.25, 0.3) is 0 Å². The van der Waals surface area contributed by atoms with Gasteiger partial charge in [-0.25, -0.2) is 4.79 Å². The van der Waals surface area contributed by atoms with Gasteiger partial charge in [0.05, 0.1) is 12.7 Å². The van der Waals surface area contributed by atoms with Crippen LogP contribution in [0, 0.1) is 0 Å². The monoisotopic (exact) mass is 236 g/mol. The summed E-state index contributed by atoms with van der Waals surface area (Å²) in [5, 5.41) is 6.52. The van der Waals surface area contributed by atoms with Crippen LogP contribution in [0.3, 0.4) is 0 Å². The number of nitrogens with one attached hydrogen (secondary N) is 2. The molecule has 1 rings (SSSR count). The Morgan fingerprint density at radius 2 is 1.88 bits per heavy atom. The Labute approximate surface area is 102 Å². The number of likely N-dealkylation sites (N-methyl/N-ethyl adjacent to an activating group) is 1.